The topological polar surface area (TPSA) is 12.0 Å². The number of rotatable bonds is 6. The summed E-state index contributed by atoms with van der Waals surface area (Å²) in [5.41, 5.74) is 1.37. The molecule has 0 aromatic heterocycles. The molecule has 0 aliphatic carbocycles. The third kappa shape index (κ3) is 3.31. The van der Waals surface area contributed by atoms with E-state index in [-0.39, 0.29) is 11.4 Å². The maximum Gasteiger partial charge on any atom is 0.123 e. The highest BCUT2D eigenvalue weighted by Gasteiger charge is 2.22. The standard InChI is InChI=1S/C14H22FN/c1-4-14(5-2,6-3)16-11-12-7-9-13(15)10-8-12/h7-10,16H,4-6,11H2,1-3H3. The fourth-order valence-electron chi connectivity index (χ4n) is 2.02. The molecule has 0 saturated carbocycles. The molecule has 0 saturated heterocycles. The van der Waals surface area contributed by atoms with Gasteiger partial charge in [-0.2, -0.15) is 0 Å². The minimum absolute atomic E-state index is 0.170. The molecule has 0 atom stereocenters. The van der Waals surface area contributed by atoms with Gasteiger partial charge in [0.1, 0.15) is 5.82 Å². The Balaban J connectivity index is 2.58. The maximum atomic E-state index is 12.7. The Kier molecular flexibility index (Phi) is 4.94. The molecule has 1 aromatic carbocycles. The average Bonchev–Trinajstić information content (AvgIpc) is 2.34. The molecule has 1 N–H and O–H groups in total. The highest BCUT2D eigenvalue weighted by atomic mass is 19.1. The van der Waals surface area contributed by atoms with Crippen molar-refractivity contribution in [2.75, 3.05) is 0 Å². The van der Waals surface area contributed by atoms with Crippen LogP contribution in [0.1, 0.15) is 45.6 Å². The van der Waals surface area contributed by atoms with E-state index in [1.54, 1.807) is 0 Å². The van der Waals surface area contributed by atoms with Crippen LogP contribution in [-0.4, -0.2) is 5.54 Å². The molecule has 0 aliphatic heterocycles. The van der Waals surface area contributed by atoms with Gasteiger partial charge in [-0.15, -0.1) is 0 Å². The molecular weight excluding hydrogens is 201 g/mol. The van der Waals surface area contributed by atoms with Crippen LogP contribution in [-0.2, 0) is 6.54 Å². The van der Waals surface area contributed by atoms with Gasteiger partial charge in [-0.3, -0.25) is 0 Å². The Hall–Kier alpha value is -0.890. The third-order valence-electron chi connectivity index (χ3n) is 3.61. The summed E-state index contributed by atoms with van der Waals surface area (Å²) >= 11 is 0. The Bertz CT molecular complexity index is 293. The minimum atomic E-state index is -0.170. The SMILES string of the molecule is CCC(CC)(CC)NCc1ccc(F)cc1. The van der Waals surface area contributed by atoms with Crippen LogP contribution in [0.2, 0.25) is 0 Å². The largest absolute Gasteiger partial charge is 0.307 e. The Morgan fingerprint density at radius 3 is 1.94 bits per heavy atom. The minimum Gasteiger partial charge on any atom is -0.307 e. The van der Waals surface area contributed by atoms with Gasteiger partial charge in [0.25, 0.3) is 0 Å². The molecule has 0 amide bonds. The quantitative estimate of drug-likeness (QED) is 0.771. The first kappa shape index (κ1) is 13.2. The van der Waals surface area contributed by atoms with Crippen molar-refractivity contribution >= 4 is 0 Å². The van der Waals surface area contributed by atoms with E-state index in [9.17, 15) is 4.39 Å². The molecule has 0 aliphatic rings. The predicted molar refractivity (Wildman–Crippen MR) is 66.8 cm³/mol. The second-order valence-electron chi connectivity index (χ2n) is 4.32. The van der Waals surface area contributed by atoms with Crippen LogP contribution >= 0.6 is 0 Å². The molecule has 0 fully saturated rings. The Morgan fingerprint density at radius 2 is 1.50 bits per heavy atom. The van der Waals surface area contributed by atoms with Crippen molar-refractivity contribution in [3.05, 3.63) is 35.6 Å². The molecule has 1 rings (SSSR count). The summed E-state index contributed by atoms with van der Waals surface area (Å²) in [6.07, 6.45) is 3.38. The van der Waals surface area contributed by atoms with Gasteiger partial charge in [0.05, 0.1) is 0 Å². The summed E-state index contributed by atoms with van der Waals surface area (Å²) in [6, 6.07) is 6.72. The van der Waals surface area contributed by atoms with Crippen LogP contribution < -0.4 is 5.32 Å². The van der Waals surface area contributed by atoms with Crippen molar-refractivity contribution in [1.29, 1.82) is 0 Å². The second kappa shape index (κ2) is 6.00. The zero-order valence-corrected chi connectivity index (χ0v) is 10.5. The first-order valence-electron chi connectivity index (χ1n) is 6.15. The summed E-state index contributed by atoms with van der Waals surface area (Å²) in [5, 5.41) is 3.60. The molecule has 16 heavy (non-hydrogen) atoms. The molecule has 1 nitrogen and oxygen atoms in total. The summed E-state index contributed by atoms with van der Waals surface area (Å²) in [4.78, 5) is 0. The monoisotopic (exact) mass is 223 g/mol. The van der Waals surface area contributed by atoms with E-state index < -0.39 is 0 Å². The van der Waals surface area contributed by atoms with Gasteiger partial charge >= 0.3 is 0 Å². The van der Waals surface area contributed by atoms with Crippen LogP contribution in [0.5, 0.6) is 0 Å². The molecule has 2 heteroatoms. The van der Waals surface area contributed by atoms with Gasteiger partial charge < -0.3 is 5.32 Å². The average molecular weight is 223 g/mol. The molecule has 0 heterocycles. The number of nitrogens with one attached hydrogen (secondary N) is 1. The number of benzene rings is 1. The smallest absolute Gasteiger partial charge is 0.123 e. The molecule has 0 radical (unpaired) electrons. The number of hydrogen-bond acceptors (Lipinski definition) is 1. The maximum absolute atomic E-state index is 12.7. The lowest BCUT2D eigenvalue weighted by Gasteiger charge is -2.32. The van der Waals surface area contributed by atoms with Gasteiger partial charge in [0, 0.05) is 12.1 Å². The third-order valence-corrected chi connectivity index (χ3v) is 3.61. The van der Waals surface area contributed by atoms with Gasteiger partial charge in [-0.25, -0.2) is 4.39 Å². The van der Waals surface area contributed by atoms with Gasteiger partial charge in [-0.1, -0.05) is 32.9 Å². The molecule has 90 valence electrons. The van der Waals surface area contributed by atoms with Crippen molar-refractivity contribution in [2.45, 2.75) is 52.1 Å². The van der Waals surface area contributed by atoms with Crippen LogP contribution in [0.3, 0.4) is 0 Å². The Labute approximate surface area is 98.1 Å². The molecular formula is C14H22FN. The van der Waals surface area contributed by atoms with Crippen LogP contribution in [0.4, 0.5) is 4.39 Å². The van der Waals surface area contributed by atoms with Gasteiger partial charge in [0.2, 0.25) is 0 Å². The van der Waals surface area contributed by atoms with E-state index in [2.05, 4.69) is 26.1 Å². The number of halogens is 1. The van der Waals surface area contributed by atoms with E-state index in [0.29, 0.717) is 0 Å². The Morgan fingerprint density at radius 1 is 1.00 bits per heavy atom. The van der Waals surface area contributed by atoms with Crippen molar-refractivity contribution in [2.24, 2.45) is 0 Å². The van der Waals surface area contributed by atoms with Crippen LogP contribution in [0.25, 0.3) is 0 Å². The van der Waals surface area contributed by atoms with Crippen LogP contribution in [0, 0.1) is 5.82 Å². The predicted octanol–water partition coefficient (Wildman–Crippen LogP) is 3.88. The molecule has 0 bridgehead atoms. The van der Waals surface area contributed by atoms with Gasteiger partial charge in [0.15, 0.2) is 0 Å². The normalized spacial score (nSPS) is 11.8. The van der Waals surface area contributed by atoms with Crippen molar-refractivity contribution < 1.29 is 4.39 Å². The van der Waals surface area contributed by atoms with Crippen LogP contribution in [0.15, 0.2) is 24.3 Å². The van der Waals surface area contributed by atoms with E-state index in [0.717, 1.165) is 31.4 Å². The zero-order chi connectivity index (χ0) is 12.0. The zero-order valence-electron chi connectivity index (χ0n) is 10.5. The fraction of sp³-hybridized carbons (Fsp3) is 0.571. The summed E-state index contributed by atoms with van der Waals surface area (Å²) in [5.74, 6) is -0.170. The first-order valence-corrected chi connectivity index (χ1v) is 6.15. The first-order chi connectivity index (χ1) is 7.65. The summed E-state index contributed by atoms with van der Waals surface area (Å²) < 4.78 is 12.7. The van der Waals surface area contributed by atoms with E-state index in [1.807, 2.05) is 12.1 Å². The molecule has 0 unspecified atom stereocenters. The lowest BCUT2D eigenvalue weighted by atomic mass is 9.89. The lowest BCUT2D eigenvalue weighted by molar-refractivity contribution is 0.288. The van der Waals surface area contributed by atoms with E-state index in [1.165, 1.54) is 12.1 Å². The summed E-state index contributed by atoms with van der Waals surface area (Å²) in [6.45, 7) is 7.45. The summed E-state index contributed by atoms with van der Waals surface area (Å²) in [7, 11) is 0. The van der Waals surface area contributed by atoms with E-state index in [4.69, 9.17) is 0 Å². The van der Waals surface area contributed by atoms with Crippen molar-refractivity contribution in [1.82, 2.24) is 5.32 Å². The van der Waals surface area contributed by atoms with Gasteiger partial charge in [-0.05, 0) is 37.0 Å². The molecule has 0 spiro atoms. The molecule has 1 aromatic rings. The number of hydrogen-bond donors (Lipinski definition) is 1. The highest BCUT2D eigenvalue weighted by molar-refractivity contribution is 5.16. The van der Waals surface area contributed by atoms with Crippen molar-refractivity contribution in [3.63, 3.8) is 0 Å². The second-order valence-corrected chi connectivity index (χ2v) is 4.32. The highest BCUT2D eigenvalue weighted by Crippen LogP contribution is 2.19. The van der Waals surface area contributed by atoms with Crippen molar-refractivity contribution in [3.8, 4) is 0 Å². The fourth-order valence-corrected chi connectivity index (χ4v) is 2.02. The lowest BCUT2D eigenvalue weighted by Crippen LogP contribution is -2.43. The van der Waals surface area contributed by atoms with E-state index >= 15 is 0 Å².